The Morgan fingerprint density at radius 1 is 1.11 bits per heavy atom. The van der Waals surface area contributed by atoms with Gasteiger partial charge in [-0.15, -0.1) is 0 Å². The molecule has 144 valence electrons. The Labute approximate surface area is 162 Å². The molecule has 0 bridgehead atoms. The summed E-state index contributed by atoms with van der Waals surface area (Å²) in [5.74, 6) is 1.02. The van der Waals surface area contributed by atoms with E-state index in [4.69, 9.17) is 20.9 Å². The van der Waals surface area contributed by atoms with E-state index < -0.39 is 5.91 Å². The van der Waals surface area contributed by atoms with E-state index in [1.54, 1.807) is 55.6 Å². The molecule has 0 aliphatic rings. The van der Waals surface area contributed by atoms with E-state index in [2.05, 4.69) is 15.3 Å². The fourth-order valence-corrected chi connectivity index (χ4v) is 2.53. The van der Waals surface area contributed by atoms with Crippen LogP contribution in [0.15, 0.2) is 48.5 Å². The molecule has 2 aromatic carbocycles. The van der Waals surface area contributed by atoms with E-state index in [-0.39, 0.29) is 17.4 Å². The maximum Gasteiger partial charge on any atom is 0.271 e. The lowest BCUT2D eigenvalue weighted by Gasteiger charge is -2.14. The molecule has 8 heteroatoms. The summed E-state index contributed by atoms with van der Waals surface area (Å²) in [5.41, 5.74) is 13.1. The fourth-order valence-electron chi connectivity index (χ4n) is 2.53. The molecule has 3 aromatic rings. The van der Waals surface area contributed by atoms with Gasteiger partial charge in [0.1, 0.15) is 17.2 Å². The Bertz CT molecular complexity index is 990. The van der Waals surface area contributed by atoms with Crippen LogP contribution in [0.3, 0.4) is 0 Å². The number of nitrogens with two attached hydrogens (primary N) is 2. The number of hydrogen-bond acceptors (Lipinski definition) is 7. The Morgan fingerprint density at radius 3 is 2.46 bits per heavy atom. The zero-order valence-corrected chi connectivity index (χ0v) is 15.6. The number of nitrogen functional groups attached to an aromatic ring is 1. The number of aromatic nitrogens is 2. The zero-order chi connectivity index (χ0) is 20.1. The minimum absolute atomic E-state index is 0.0348. The van der Waals surface area contributed by atoms with E-state index in [1.165, 1.54) is 0 Å². The molecule has 0 saturated heterocycles. The van der Waals surface area contributed by atoms with E-state index in [0.717, 1.165) is 0 Å². The number of hydrogen-bond donors (Lipinski definition) is 3. The van der Waals surface area contributed by atoms with Crippen molar-refractivity contribution in [2.75, 3.05) is 18.2 Å². The van der Waals surface area contributed by atoms with Crippen LogP contribution < -0.4 is 26.3 Å². The van der Waals surface area contributed by atoms with Crippen LogP contribution in [0, 0.1) is 0 Å². The molecular formula is C20H21N5O3. The SMILES string of the molecule is CCc1nc(C(N)=O)c(Nc2ccc(OC)cc2)nc1Oc1cccc(N)c1. The molecule has 8 nitrogen and oxygen atoms in total. The highest BCUT2D eigenvalue weighted by molar-refractivity contribution is 5.96. The van der Waals surface area contributed by atoms with Crippen LogP contribution in [-0.2, 0) is 6.42 Å². The van der Waals surface area contributed by atoms with Gasteiger partial charge in [0.25, 0.3) is 5.91 Å². The summed E-state index contributed by atoms with van der Waals surface area (Å²) in [6.45, 7) is 1.89. The summed E-state index contributed by atoms with van der Waals surface area (Å²) < 4.78 is 11.0. The largest absolute Gasteiger partial charge is 0.497 e. The third kappa shape index (κ3) is 4.29. The van der Waals surface area contributed by atoms with Crippen LogP contribution in [0.2, 0.25) is 0 Å². The Hall–Kier alpha value is -3.81. The van der Waals surface area contributed by atoms with Gasteiger partial charge in [0.2, 0.25) is 5.88 Å². The van der Waals surface area contributed by atoms with E-state index >= 15 is 0 Å². The van der Waals surface area contributed by atoms with E-state index in [0.29, 0.717) is 35.0 Å². The second kappa shape index (κ2) is 8.26. The molecule has 0 aliphatic carbocycles. The number of rotatable bonds is 7. The Morgan fingerprint density at radius 2 is 1.86 bits per heavy atom. The minimum Gasteiger partial charge on any atom is -0.497 e. The number of carbonyl (C=O) groups is 1. The van der Waals surface area contributed by atoms with Crippen LogP contribution in [0.25, 0.3) is 0 Å². The number of anilines is 3. The summed E-state index contributed by atoms with van der Waals surface area (Å²) in [6.07, 6.45) is 0.508. The Kier molecular flexibility index (Phi) is 5.59. The van der Waals surface area contributed by atoms with Gasteiger partial charge in [0.15, 0.2) is 11.5 Å². The van der Waals surface area contributed by atoms with Gasteiger partial charge in [-0.3, -0.25) is 4.79 Å². The Balaban J connectivity index is 1.99. The first-order valence-electron chi connectivity index (χ1n) is 8.65. The first-order chi connectivity index (χ1) is 13.5. The van der Waals surface area contributed by atoms with E-state index in [1.807, 2.05) is 6.92 Å². The molecule has 0 aliphatic heterocycles. The highest BCUT2D eigenvalue weighted by atomic mass is 16.5. The summed E-state index contributed by atoms with van der Waals surface area (Å²) >= 11 is 0. The predicted octanol–water partition coefficient (Wildman–Crippen LogP) is 3.26. The summed E-state index contributed by atoms with van der Waals surface area (Å²) in [4.78, 5) is 20.7. The molecule has 5 N–H and O–H groups in total. The topological polar surface area (TPSA) is 125 Å². The van der Waals surface area contributed by atoms with Crippen molar-refractivity contribution in [2.24, 2.45) is 5.73 Å². The molecule has 3 rings (SSSR count). The summed E-state index contributed by atoms with van der Waals surface area (Å²) in [7, 11) is 1.59. The maximum atomic E-state index is 11.9. The average Bonchev–Trinajstić information content (AvgIpc) is 2.68. The van der Waals surface area contributed by atoms with Crippen LogP contribution >= 0.6 is 0 Å². The molecule has 0 saturated carbocycles. The molecule has 1 aromatic heterocycles. The lowest BCUT2D eigenvalue weighted by molar-refractivity contribution is 0.0996. The third-order valence-corrected chi connectivity index (χ3v) is 3.92. The van der Waals surface area contributed by atoms with Crippen molar-refractivity contribution in [3.63, 3.8) is 0 Å². The quantitative estimate of drug-likeness (QED) is 0.538. The molecule has 0 spiro atoms. The van der Waals surface area contributed by atoms with Crippen molar-refractivity contribution in [3.05, 3.63) is 59.9 Å². The molecule has 28 heavy (non-hydrogen) atoms. The van der Waals surface area contributed by atoms with Crippen molar-refractivity contribution in [1.29, 1.82) is 0 Å². The molecule has 0 atom stereocenters. The first-order valence-corrected chi connectivity index (χ1v) is 8.65. The zero-order valence-electron chi connectivity index (χ0n) is 15.6. The number of nitrogens with one attached hydrogen (secondary N) is 1. The van der Waals surface area contributed by atoms with Crippen LogP contribution in [0.4, 0.5) is 17.2 Å². The number of benzene rings is 2. The minimum atomic E-state index is -0.686. The number of methoxy groups -OCH3 is 1. The van der Waals surface area contributed by atoms with Gasteiger partial charge >= 0.3 is 0 Å². The van der Waals surface area contributed by atoms with Crippen LogP contribution in [-0.4, -0.2) is 23.0 Å². The molecule has 0 unspecified atom stereocenters. The monoisotopic (exact) mass is 379 g/mol. The highest BCUT2D eigenvalue weighted by Crippen LogP contribution is 2.28. The second-order valence-electron chi connectivity index (χ2n) is 5.92. The second-order valence-corrected chi connectivity index (χ2v) is 5.92. The van der Waals surface area contributed by atoms with Crippen molar-refractivity contribution in [1.82, 2.24) is 9.97 Å². The highest BCUT2D eigenvalue weighted by Gasteiger charge is 2.18. The van der Waals surface area contributed by atoms with Crippen molar-refractivity contribution >= 4 is 23.1 Å². The molecule has 0 fully saturated rings. The van der Waals surface area contributed by atoms with Gasteiger partial charge in [0.05, 0.1) is 7.11 Å². The number of nitrogens with zero attached hydrogens (tertiary/aromatic N) is 2. The van der Waals surface area contributed by atoms with Crippen LogP contribution in [0.1, 0.15) is 23.1 Å². The number of primary amides is 1. The van der Waals surface area contributed by atoms with Crippen molar-refractivity contribution in [3.8, 4) is 17.4 Å². The first kappa shape index (κ1) is 19.0. The number of aryl methyl sites for hydroxylation is 1. The number of ether oxygens (including phenoxy) is 2. The lowest BCUT2D eigenvalue weighted by atomic mass is 10.2. The van der Waals surface area contributed by atoms with Gasteiger partial charge in [-0.25, -0.2) is 4.98 Å². The normalized spacial score (nSPS) is 10.4. The number of carbonyl (C=O) groups excluding carboxylic acids is 1. The van der Waals surface area contributed by atoms with Gasteiger partial charge < -0.3 is 26.3 Å². The van der Waals surface area contributed by atoms with Gasteiger partial charge in [0, 0.05) is 17.4 Å². The van der Waals surface area contributed by atoms with Gasteiger partial charge in [-0.2, -0.15) is 4.98 Å². The summed E-state index contributed by atoms with van der Waals surface area (Å²) in [6, 6.07) is 14.1. The van der Waals surface area contributed by atoms with Crippen LogP contribution in [0.5, 0.6) is 17.4 Å². The smallest absolute Gasteiger partial charge is 0.271 e. The van der Waals surface area contributed by atoms with Gasteiger partial charge in [-0.05, 0) is 42.8 Å². The molecule has 1 heterocycles. The standard InChI is InChI=1S/C20H21N5O3/c1-3-16-20(28-15-6-4-5-12(21)11-15)25-19(17(24-16)18(22)26)23-13-7-9-14(27-2)10-8-13/h4-11H,3,21H2,1-2H3,(H2,22,26)(H,23,25). The van der Waals surface area contributed by atoms with Gasteiger partial charge in [-0.1, -0.05) is 13.0 Å². The lowest BCUT2D eigenvalue weighted by Crippen LogP contribution is -2.18. The van der Waals surface area contributed by atoms with Crippen molar-refractivity contribution in [2.45, 2.75) is 13.3 Å². The average molecular weight is 379 g/mol. The molecular weight excluding hydrogens is 358 g/mol. The summed E-state index contributed by atoms with van der Waals surface area (Å²) in [5, 5.41) is 3.06. The number of amides is 1. The third-order valence-electron chi connectivity index (χ3n) is 3.92. The predicted molar refractivity (Wildman–Crippen MR) is 107 cm³/mol. The molecule has 0 radical (unpaired) electrons. The van der Waals surface area contributed by atoms with E-state index in [9.17, 15) is 4.79 Å². The molecule has 1 amide bonds. The fraction of sp³-hybridized carbons (Fsp3) is 0.150. The van der Waals surface area contributed by atoms with Crippen molar-refractivity contribution < 1.29 is 14.3 Å². The maximum absolute atomic E-state index is 11.9.